The topological polar surface area (TPSA) is 67.8 Å². The summed E-state index contributed by atoms with van der Waals surface area (Å²) in [5, 5.41) is 0. The molecule has 2 aromatic carbocycles. The number of aromatic nitrogens is 2. The number of carbonyl (C=O) groups is 1. The summed E-state index contributed by atoms with van der Waals surface area (Å²) in [5.41, 5.74) is 5.25. The fraction of sp³-hybridized carbons (Fsp3) is 0.433. The molecule has 1 amide bonds. The lowest BCUT2D eigenvalue weighted by Crippen LogP contribution is -2.41. The second kappa shape index (κ2) is 10.5. The summed E-state index contributed by atoms with van der Waals surface area (Å²) in [4.78, 5) is 27.7. The average Bonchev–Trinajstić information content (AvgIpc) is 2.92. The van der Waals surface area contributed by atoms with E-state index in [-0.39, 0.29) is 11.3 Å². The van der Waals surface area contributed by atoms with Crippen molar-refractivity contribution >= 4 is 11.7 Å². The van der Waals surface area contributed by atoms with E-state index < -0.39 is 0 Å². The Bertz CT molecular complexity index is 1240. The molecular formula is C30H36N4O3. The molecule has 2 aliphatic rings. The van der Waals surface area contributed by atoms with E-state index in [1.807, 2.05) is 29.2 Å². The number of nitrogens with zero attached hydrogens (tertiary/aromatic N) is 4. The molecule has 3 heterocycles. The van der Waals surface area contributed by atoms with Crippen LogP contribution >= 0.6 is 0 Å². The summed E-state index contributed by atoms with van der Waals surface area (Å²) in [5.74, 6) is 2.64. The Morgan fingerprint density at radius 3 is 2.32 bits per heavy atom. The van der Waals surface area contributed by atoms with Gasteiger partial charge in [0.15, 0.2) is 0 Å². The number of anilines is 1. The lowest BCUT2D eigenvalue weighted by atomic mass is 9.86. The van der Waals surface area contributed by atoms with Gasteiger partial charge in [-0.1, -0.05) is 45.0 Å². The molecule has 2 aliphatic heterocycles. The maximum atomic E-state index is 13.5. The van der Waals surface area contributed by atoms with Crippen LogP contribution in [0, 0.1) is 0 Å². The summed E-state index contributed by atoms with van der Waals surface area (Å²) >= 11 is 0. The number of hydrogen-bond donors (Lipinski definition) is 0. The van der Waals surface area contributed by atoms with Crippen LogP contribution in [0.1, 0.15) is 59.3 Å². The highest BCUT2D eigenvalue weighted by molar-refractivity contribution is 5.94. The molecule has 194 valence electrons. The van der Waals surface area contributed by atoms with Crippen LogP contribution in [0.5, 0.6) is 5.75 Å². The van der Waals surface area contributed by atoms with Gasteiger partial charge in [-0.05, 0) is 40.8 Å². The molecule has 0 bridgehead atoms. The largest absolute Gasteiger partial charge is 0.497 e. The number of methoxy groups -OCH3 is 1. The molecule has 0 saturated carbocycles. The van der Waals surface area contributed by atoms with Crippen LogP contribution in [0.3, 0.4) is 0 Å². The molecule has 1 saturated heterocycles. The van der Waals surface area contributed by atoms with Gasteiger partial charge >= 0.3 is 0 Å². The Kier molecular flexibility index (Phi) is 7.15. The van der Waals surface area contributed by atoms with E-state index in [2.05, 4.69) is 49.9 Å². The molecular weight excluding hydrogens is 464 g/mol. The first-order valence-electron chi connectivity index (χ1n) is 13.1. The van der Waals surface area contributed by atoms with Gasteiger partial charge in [0.05, 0.1) is 32.6 Å². The van der Waals surface area contributed by atoms with E-state index in [1.165, 1.54) is 5.56 Å². The normalized spacial score (nSPS) is 15.9. The van der Waals surface area contributed by atoms with E-state index in [0.29, 0.717) is 32.7 Å². The molecule has 37 heavy (non-hydrogen) atoms. The number of hydrogen-bond acceptors (Lipinski definition) is 6. The molecule has 1 fully saturated rings. The second-order valence-corrected chi connectivity index (χ2v) is 10.8. The van der Waals surface area contributed by atoms with Crippen LogP contribution in [-0.2, 0) is 29.5 Å². The van der Waals surface area contributed by atoms with E-state index in [4.69, 9.17) is 19.4 Å². The minimum absolute atomic E-state index is 0.0551. The molecule has 5 rings (SSSR count). The molecule has 0 N–H and O–H groups in total. The molecule has 7 heteroatoms. The van der Waals surface area contributed by atoms with Crippen molar-refractivity contribution in [1.29, 1.82) is 0 Å². The first-order chi connectivity index (χ1) is 17.8. The number of fused-ring (bicyclic) bond motifs is 1. The zero-order chi connectivity index (χ0) is 26.0. The fourth-order valence-corrected chi connectivity index (χ4v) is 4.96. The maximum Gasteiger partial charge on any atom is 0.254 e. The SMILES string of the molecule is COc1ccc(Cc2nc3c(c(N4CCOCC4)n2)CN(C(=O)c2ccc(C(C)(C)C)cc2)CC3)cc1. The first kappa shape index (κ1) is 25.2. The van der Waals surface area contributed by atoms with Gasteiger partial charge in [-0.15, -0.1) is 0 Å². The minimum atomic E-state index is 0.0551. The summed E-state index contributed by atoms with van der Waals surface area (Å²) in [6, 6.07) is 16.1. The molecule has 0 aliphatic carbocycles. The molecule has 0 unspecified atom stereocenters. The van der Waals surface area contributed by atoms with Crippen molar-refractivity contribution in [3.63, 3.8) is 0 Å². The standard InChI is InChI=1S/C30H36N4O3/c1-30(2,3)23-9-7-22(8-10-23)29(35)34-14-13-26-25(20-34)28(33-15-17-37-18-16-33)32-27(31-26)19-21-5-11-24(36-4)12-6-21/h5-12H,13-20H2,1-4H3. The highest BCUT2D eigenvalue weighted by Crippen LogP contribution is 2.30. The fourth-order valence-electron chi connectivity index (χ4n) is 4.96. The van der Waals surface area contributed by atoms with Crippen LogP contribution in [0.2, 0.25) is 0 Å². The number of morpholine rings is 1. The molecule has 0 spiro atoms. The van der Waals surface area contributed by atoms with Crippen molar-refractivity contribution in [3.05, 3.63) is 82.3 Å². The predicted octanol–water partition coefficient (Wildman–Crippen LogP) is 4.41. The van der Waals surface area contributed by atoms with Gasteiger partial charge < -0.3 is 19.3 Å². The monoisotopic (exact) mass is 500 g/mol. The quantitative estimate of drug-likeness (QED) is 0.517. The van der Waals surface area contributed by atoms with Crippen molar-refractivity contribution in [2.24, 2.45) is 0 Å². The summed E-state index contributed by atoms with van der Waals surface area (Å²) < 4.78 is 10.9. The Morgan fingerprint density at radius 2 is 1.68 bits per heavy atom. The Balaban J connectivity index is 1.41. The van der Waals surface area contributed by atoms with E-state index in [0.717, 1.165) is 59.3 Å². The van der Waals surface area contributed by atoms with Gasteiger partial charge in [0, 0.05) is 43.6 Å². The third-order valence-electron chi connectivity index (χ3n) is 7.20. The Morgan fingerprint density at radius 1 is 0.973 bits per heavy atom. The predicted molar refractivity (Wildman–Crippen MR) is 144 cm³/mol. The Labute approximate surface area is 219 Å². The van der Waals surface area contributed by atoms with Crippen LogP contribution in [0.15, 0.2) is 48.5 Å². The second-order valence-electron chi connectivity index (χ2n) is 10.8. The number of amides is 1. The summed E-state index contributed by atoms with van der Waals surface area (Å²) in [7, 11) is 1.67. The first-order valence-corrected chi connectivity index (χ1v) is 13.1. The third kappa shape index (κ3) is 5.62. The van der Waals surface area contributed by atoms with Crippen molar-refractivity contribution in [2.75, 3.05) is 44.9 Å². The number of benzene rings is 2. The third-order valence-corrected chi connectivity index (χ3v) is 7.20. The zero-order valence-corrected chi connectivity index (χ0v) is 22.3. The maximum absolute atomic E-state index is 13.5. The number of carbonyl (C=O) groups excluding carboxylic acids is 1. The van der Waals surface area contributed by atoms with Gasteiger partial charge in [-0.3, -0.25) is 4.79 Å². The number of ether oxygens (including phenoxy) is 2. The lowest BCUT2D eigenvalue weighted by Gasteiger charge is -2.34. The van der Waals surface area contributed by atoms with Crippen molar-refractivity contribution in [2.45, 2.75) is 45.6 Å². The highest BCUT2D eigenvalue weighted by atomic mass is 16.5. The molecule has 0 atom stereocenters. The van der Waals surface area contributed by atoms with Crippen molar-refractivity contribution in [1.82, 2.24) is 14.9 Å². The molecule has 0 radical (unpaired) electrons. The highest BCUT2D eigenvalue weighted by Gasteiger charge is 2.29. The smallest absolute Gasteiger partial charge is 0.254 e. The minimum Gasteiger partial charge on any atom is -0.497 e. The van der Waals surface area contributed by atoms with Crippen LogP contribution in [0.25, 0.3) is 0 Å². The van der Waals surface area contributed by atoms with E-state index in [9.17, 15) is 4.79 Å². The van der Waals surface area contributed by atoms with E-state index >= 15 is 0 Å². The van der Waals surface area contributed by atoms with Gasteiger partial charge in [-0.25, -0.2) is 9.97 Å². The van der Waals surface area contributed by atoms with Crippen LogP contribution in [0.4, 0.5) is 5.82 Å². The molecule has 7 nitrogen and oxygen atoms in total. The average molecular weight is 501 g/mol. The van der Waals surface area contributed by atoms with E-state index in [1.54, 1.807) is 7.11 Å². The van der Waals surface area contributed by atoms with Gasteiger partial charge in [-0.2, -0.15) is 0 Å². The van der Waals surface area contributed by atoms with Crippen LogP contribution < -0.4 is 9.64 Å². The summed E-state index contributed by atoms with van der Waals surface area (Å²) in [6.07, 6.45) is 1.37. The lowest BCUT2D eigenvalue weighted by molar-refractivity contribution is 0.0732. The van der Waals surface area contributed by atoms with Gasteiger partial charge in [0.2, 0.25) is 0 Å². The zero-order valence-electron chi connectivity index (χ0n) is 22.3. The van der Waals surface area contributed by atoms with Crippen molar-refractivity contribution < 1.29 is 14.3 Å². The molecule has 3 aromatic rings. The van der Waals surface area contributed by atoms with Crippen LogP contribution in [-0.4, -0.2) is 60.7 Å². The van der Waals surface area contributed by atoms with Crippen molar-refractivity contribution in [3.8, 4) is 5.75 Å². The summed E-state index contributed by atoms with van der Waals surface area (Å²) in [6.45, 7) is 10.6. The Hall–Kier alpha value is -3.45. The van der Waals surface area contributed by atoms with Gasteiger partial charge in [0.1, 0.15) is 17.4 Å². The molecule has 1 aromatic heterocycles. The van der Waals surface area contributed by atoms with Gasteiger partial charge in [0.25, 0.3) is 5.91 Å². The number of rotatable bonds is 5.